The van der Waals surface area contributed by atoms with E-state index < -0.39 is 17.7 Å². The molecule has 5 heteroatoms. The molecule has 1 fully saturated rings. The monoisotopic (exact) mass is 238 g/mol. The summed E-state index contributed by atoms with van der Waals surface area (Å²) in [4.78, 5) is 11.0. The number of carboxylic acids is 1. The van der Waals surface area contributed by atoms with Crippen LogP contribution in [0.3, 0.4) is 0 Å². The summed E-state index contributed by atoms with van der Waals surface area (Å²) >= 11 is 0. The summed E-state index contributed by atoms with van der Waals surface area (Å²) in [5.74, 6) is -1.41. The number of aliphatic carboxylic acids is 1. The van der Waals surface area contributed by atoms with Crippen LogP contribution in [-0.2, 0) is 4.79 Å². The van der Waals surface area contributed by atoms with E-state index >= 15 is 0 Å². The molecular weight excluding hydrogens is 227 g/mol. The van der Waals surface area contributed by atoms with Gasteiger partial charge in [-0.15, -0.1) is 0 Å². The van der Waals surface area contributed by atoms with Gasteiger partial charge in [-0.3, -0.25) is 4.79 Å². The van der Waals surface area contributed by atoms with E-state index in [1.807, 2.05) is 0 Å². The number of carbonyl (C=O) groups is 1. The molecule has 17 heavy (non-hydrogen) atoms. The maximum absolute atomic E-state index is 13.8. The van der Waals surface area contributed by atoms with Gasteiger partial charge in [0.1, 0.15) is 5.82 Å². The quantitative estimate of drug-likeness (QED) is 0.851. The third kappa shape index (κ3) is 1.31. The number of methoxy groups -OCH3 is 1. The van der Waals surface area contributed by atoms with Crippen molar-refractivity contribution < 1.29 is 23.8 Å². The Morgan fingerprint density at radius 3 is 3.00 bits per heavy atom. The van der Waals surface area contributed by atoms with Crippen LogP contribution in [0.1, 0.15) is 11.5 Å². The van der Waals surface area contributed by atoms with Gasteiger partial charge in [0.15, 0.2) is 11.5 Å². The van der Waals surface area contributed by atoms with Crippen LogP contribution in [-0.4, -0.2) is 24.8 Å². The predicted octanol–water partition coefficient (Wildman–Crippen LogP) is 1.64. The van der Waals surface area contributed by atoms with Gasteiger partial charge in [-0.2, -0.15) is 0 Å². The Morgan fingerprint density at radius 2 is 2.35 bits per heavy atom. The molecule has 2 aliphatic rings. The van der Waals surface area contributed by atoms with E-state index in [0.29, 0.717) is 23.7 Å². The lowest BCUT2D eigenvalue weighted by atomic mass is 10.0. The zero-order valence-corrected chi connectivity index (χ0v) is 9.14. The molecule has 0 radical (unpaired) electrons. The van der Waals surface area contributed by atoms with Gasteiger partial charge in [0.05, 0.1) is 19.6 Å². The van der Waals surface area contributed by atoms with Gasteiger partial charge in [-0.05, 0) is 12.1 Å². The zero-order valence-electron chi connectivity index (χ0n) is 9.14. The van der Waals surface area contributed by atoms with E-state index in [1.54, 1.807) is 0 Å². The Labute approximate surface area is 97.0 Å². The van der Waals surface area contributed by atoms with E-state index in [-0.39, 0.29) is 11.8 Å². The summed E-state index contributed by atoms with van der Waals surface area (Å²) in [6.07, 6.45) is 0. The molecule has 1 unspecified atom stereocenters. The minimum atomic E-state index is -0.890. The molecule has 0 saturated heterocycles. The number of ether oxygens (including phenoxy) is 2. The van der Waals surface area contributed by atoms with Crippen molar-refractivity contribution in [3.63, 3.8) is 0 Å². The van der Waals surface area contributed by atoms with Crippen molar-refractivity contribution in [2.75, 3.05) is 13.7 Å². The molecule has 90 valence electrons. The second-order valence-electron chi connectivity index (χ2n) is 4.36. The van der Waals surface area contributed by atoms with Crippen LogP contribution in [0.5, 0.6) is 11.5 Å². The predicted molar refractivity (Wildman–Crippen MR) is 55.8 cm³/mol. The van der Waals surface area contributed by atoms with Crippen LogP contribution >= 0.6 is 0 Å². The molecule has 0 amide bonds. The van der Waals surface area contributed by atoms with Gasteiger partial charge in [-0.25, -0.2) is 4.39 Å². The first-order valence-corrected chi connectivity index (χ1v) is 5.37. The average Bonchev–Trinajstić information content (AvgIpc) is 3.03. The second-order valence-corrected chi connectivity index (χ2v) is 4.36. The highest BCUT2D eigenvalue weighted by atomic mass is 19.1. The number of carboxylic acid groups (broad SMARTS) is 1. The normalized spacial score (nSPS) is 28.7. The minimum absolute atomic E-state index is 0.110. The van der Waals surface area contributed by atoms with Gasteiger partial charge < -0.3 is 14.6 Å². The summed E-state index contributed by atoms with van der Waals surface area (Å²) in [7, 11) is 1.48. The van der Waals surface area contributed by atoms with E-state index in [1.165, 1.54) is 19.2 Å². The minimum Gasteiger partial charge on any atom is -0.493 e. The fraction of sp³-hybridized carbons (Fsp3) is 0.417. The molecule has 1 aliphatic heterocycles. The number of benzene rings is 1. The van der Waals surface area contributed by atoms with Crippen LogP contribution in [0.15, 0.2) is 12.1 Å². The molecular formula is C12H11FO4. The number of hydrogen-bond acceptors (Lipinski definition) is 3. The Kier molecular flexibility index (Phi) is 2.05. The standard InChI is InChI=1S/C12H11FO4/c1-16-7-3-2-6(13)10-8-5(4-17-11(7)10)9(8)12(14)15/h2-3,5,8-9H,4H2,1H3,(H,14,15)/t5-,8+,9?/m0/s1. The van der Waals surface area contributed by atoms with Gasteiger partial charge in [0.2, 0.25) is 0 Å². The Balaban J connectivity index is 2.09. The van der Waals surface area contributed by atoms with Crippen molar-refractivity contribution in [3.8, 4) is 11.5 Å². The lowest BCUT2D eigenvalue weighted by Crippen LogP contribution is -2.11. The van der Waals surface area contributed by atoms with Crippen LogP contribution in [0.25, 0.3) is 0 Å². The van der Waals surface area contributed by atoms with Gasteiger partial charge >= 0.3 is 5.97 Å². The van der Waals surface area contributed by atoms with Crippen molar-refractivity contribution in [1.82, 2.24) is 0 Å². The third-order valence-electron chi connectivity index (χ3n) is 3.53. The van der Waals surface area contributed by atoms with E-state index in [0.717, 1.165) is 0 Å². The molecule has 3 atom stereocenters. The number of halogens is 1. The van der Waals surface area contributed by atoms with Gasteiger partial charge in [-0.1, -0.05) is 0 Å². The average molecular weight is 238 g/mol. The molecule has 1 aliphatic carbocycles. The number of fused-ring (bicyclic) bond motifs is 3. The fourth-order valence-corrected chi connectivity index (χ4v) is 2.67. The second kappa shape index (κ2) is 3.35. The summed E-state index contributed by atoms with van der Waals surface area (Å²) in [5, 5.41) is 9.02. The van der Waals surface area contributed by atoms with Crippen LogP contribution in [0.2, 0.25) is 0 Å². The Hall–Kier alpha value is -1.78. The van der Waals surface area contributed by atoms with Gasteiger partial charge in [0.25, 0.3) is 0 Å². The first-order chi connectivity index (χ1) is 8.15. The largest absolute Gasteiger partial charge is 0.493 e. The topological polar surface area (TPSA) is 55.8 Å². The molecule has 1 saturated carbocycles. The van der Waals surface area contributed by atoms with Crippen molar-refractivity contribution in [2.45, 2.75) is 5.92 Å². The lowest BCUT2D eigenvalue weighted by Gasteiger charge is -2.19. The van der Waals surface area contributed by atoms with E-state index in [2.05, 4.69) is 0 Å². The highest BCUT2D eigenvalue weighted by Crippen LogP contribution is 2.61. The SMILES string of the molecule is COc1ccc(F)c2c1OC[C@@H]1C(C(=O)O)[C@H]21. The van der Waals surface area contributed by atoms with Crippen molar-refractivity contribution in [3.05, 3.63) is 23.5 Å². The van der Waals surface area contributed by atoms with Gasteiger partial charge in [0, 0.05) is 17.4 Å². The maximum atomic E-state index is 13.8. The smallest absolute Gasteiger partial charge is 0.307 e. The first kappa shape index (κ1) is 10.4. The molecule has 3 rings (SSSR count). The highest BCUT2D eigenvalue weighted by Gasteiger charge is 2.60. The summed E-state index contributed by atoms with van der Waals surface area (Å²) in [5.41, 5.74) is 0.355. The van der Waals surface area contributed by atoms with E-state index in [4.69, 9.17) is 14.6 Å². The number of hydrogen-bond donors (Lipinski definition) is 1. The molecule has 0 bridgehead atoms. The Morgan fingerprint density at radius 1 is 1.59 bits per heavy atom. The highest BCUT2D eigenvalue weighted by molar-refractivity contribution is 5.77. The van der Waals surface area contributed by atoms with Crippen molar-refractivity contribution >= 4 is 5.97 Å². The molecule has 1 heterocycles. The van der Waals surface area contributed by atoms with E-state index in [9.17, 15) is 9.18 Å². The molecule has 1 N–H and O–H groups in total. The molecule has 0 aromatic heterocycles. The molecule has 4 nitrogen and oxygen atoms in total. The van der Waals surface area contributed by atoms with Crippen LogP contribution in [0.4, 0.5) is 4.39 Å². The summed E-state index contributed by atoms with van der Waals surface area (Å²) in [6, 6.07) is 2.79. The molecule has 0 spiro atoms. The van der Waals surface area contributed by atoms with Crippen molar-refractivity contribution in [1.29, 1.82) is 0 Å². The number of rotatable bonds is 2. The maximum Gasteiger partial charge on any atom is 0.307 e. The zero-order chi connectivity index (χ0) is 12.2. The molecule has 1 aromatic rings. The Bertz CT molecular complexity index is 500. The summed E-state index contributed by atoms with van der Waals surface area (Å²) in [6.45, 7) is 0.314. The van der Waals surface area contributed by atoms with Crippen LogP contribution < -0.4 is 9.47 Å². The van der Waals surface area contributed by atoms with Crippen molar-refractivity contribution in [2.24, 2.45) is 11.8 Å². The third-order valence-corrected chi connectivity index (χ3v) is 3.53. The lowest BCUT2D eigenvalue weighted by molar-refractivity contribution is -0.139. The van der Waals surface area contributed by atoms with Crippen LogP contribution in [0, 0.1) is 17.7 Å². The summed E-state index contributed by atoms with van der Waals surface area (Å²) < 4.78 is 24.3. The molecule has 1 aromatic carbocycles. The fourth-order valence-electron chi connectivity index (χ4n) is 2.67. The first-order valence-electron chi connectivity index (χ1n) is 5.37.